The number of hydrogen-bond acceptors (Lipinski definition) is 4. The molecule has 0 unspecified atom stereocenters. The number of Topliss-reactive ketones (excluding diaryl/α,β-unsaturated/α-hetero) is 2. The van der Waals surface area contributed by atoms with E-state index in [1.165, 1.54) is 0 Å². The van der Waals surface area contributed by atoms with E-state index in [9.17, 15) is 14.4 Å². The van der Waals surface area contributed by atoms with E-state index < -0.39 is 17.2 Å². The van der Waals surface area contributed by atoms with E-state index in [-0.39, 0.29) is 17.1 Å². The number of rotatable bonds is 6. The predicted octanol–water partition coefficient (Wildman–Crippen LogP) is 4.46. The second kappa shape index (κ2) is 8.30. The smallest absolute Gasteiger partial charge is 0.294 e. The normalized spacial score (nSPS) is 11.0. The highest BCUT2D eigenvalue weighted by atomic mass is 35.5. The van der Waals surface area contributed by atoms with Gasteiger partial charge in [-0.1, -0.05) is 29.7 Å². The van der Waals surface area contributed by atoms with Gasteiger partial charge in [0.2, 0.25) is 0 Å². The van der Waals surface area contributed by atoms with Gasteiger partial charge in [-0.25, -0.2) is 0 Å². The lowest BCUT2D eigenvalue weighted by Gasteiger charge is -2.18. The number of hydrogen-bond donors (Lipinski definition) is 1. The van der Waals surface area contributed by atoms with Crippen molar-refractivity contribution in [3.05, 3.63) is 55.2 Å². The molecule has 1 aromatic carbocycles. The summed E-state index contributed by atoms with van der Waals surface area (Å²) in [6.07, 6.45) is 5.53. The van der Waals surface area contributed by atoms with Crippen LogP contribution in [0.25, 0.3) is 0 Å². The number of benzene rings is 1. The van der Waals surface area contributed by atoms with Crippen LogP contribution in [0.1, 0.15) is 55.4 Å². The van der Waals surface area contributed by atoms with E-state index >= 15 is 0 Å². The zero-order valence-corrected chi connectivity index (χ0v) is 18.1. The maximum Gasteiger partial charge on any atom is 0.294 e. The molecule has 1 amide bonds. The first-order valence-corrected chi connectivity index (χ1v) is 9.89. The minimum Gasteiger partial charge on any atom is -0.333 e. The Hall–Kier alpha value is -2.42. The summed E-state index contributed by atoms with van der Waals surface area (Å²) in [5.74, 6) is 0.832. The predicted molar refractivity (Wildman–Crippen MR) is 113 cm³/mol. The fourth-order valence-electron chi connectivity index (χ4n) is 2.78. The van der Waals surface area contributed by atoms with Crippen molar-refractivity contribution in [2.45, 2.75) is 46.6 Å². The molecular formula is C22H22ClNO3S. The molecule has 1 aromatic heterocycles. The van der Waals surface area contributed by atoms with Crippen LogP contribution in [0.4, 0.5) is 0 Å². The van der Waals surface area contributed by atoms with Crippen LogP contribution in [0.3, 0.4) is 0 Å². The first kappa shape index (κ1) is 21.9. The Morgan fingerprint density at radius 3 is 2.43 bits per heavy atom. The number of halogens is 1. The Bertz CT molecular complexity index is 1010. The van der Waals surface area contributed by atoms with Gasteiger partial charge in [-0.2, -0.15) is 0 Å². The standard InChI is InChI=1S/C22H22ClNO3S/c1-7-22(5,6)24-21(27)19(26)20-13(3)18(14(4)28-20)17(25)11-15-9-8-12(2)16(23)10-15/h1,8-10H,11H2,2-6H3,(H,24,27). The molecule has 2 aromatic rings. The van der Waals surface area contributed by atoms with Gasteiger partial charge in [0.25, 0.3) is 11.7 Å². The van der Waals surface area contributed by atoms with Crippen LogP contribution in [-0.2, 0) is 11.2 Å². The molecule has 0 bridgehead atoms. The van der Waals surface area contributed by atoms with E-state index in [1.54, 1.807) is 33.8 Å². The molecule has 0 atom stereocenters. The summed E-state index contributed by atoms with van der Waals surface area (Å²) in [6, 6.07) is 5.50. The molecule has 0 radical (unpaired) electrons. The Morgan fingerprint density at radius 2 is 1.86 bits per heavy atom. The second-order valence-corrected chi connectivity index (χ2v) is 8.86. The van der Waals surface area contributed by atoms with Gasteiger partial charge in [0.1, 0.15) is 0 Å². The van der Waals surface area contributed by atoms with Crippen molar-refractivity contribution in [1.82, 2.24) is 5.32 Å². The third kappa shape index (κ3) is 4.70. The Labute approximate surface area is 174 Å². The number of carbonyl (C=O) groups excluding carboxylic acids is 3. The number of aryl methyl sites for hydroxylation is 2. The molecule has 4 nitrogen and oxygen atoms in total. The van der Waals surface area contributed by atoms with Crippen LogP contribution in [0.5, 0.6) is 0 Å². The van der Waals surface area contributed by atoms with Gasteiger partial charge < -0.3 is 5.32 Å². The highest BCUT2D eigenvalue weighted by Crippen LogP contribution is 2.29. The summed E-state index contributed by atoms with van der Waals surface area (Å²) in [5, 5.41) is 3.13. The van der Waals surface area contributed by atoms with Crippen molar-refractivity contribution < 1.29 is 14.4 Å². The molecule has 28 heavy (non-hydrogen) atoms. The monoisotopic (exact) mass is 415 g/mol. The summed E-state index contributed by atoms with van der Waals surface area (Å²) in [6.45, 7) is 8.61. The van der Waals surface area contributed by atoms with Gasteiger partial charge in [-0.15, -0.1) is 17.8 Å². The summed E-state index contributed by atoms with van der Waals surface area (Å²) in [7, 11) is 0. The third-order valence-corrected chi connectivity index (χ3v) is 6.02. The minimum atomic E-state index is -0.934. The number of ketones is 2. The van der Waals surface area contributed by atoms with Gasteiger partial charge in [0.05, 0.1) is 10.4 Å². The molecule has 1 N–H and O–H groups in total. The molecule has 0 aliphatic rings. The van der Waals surface area contributed by atoms with Crippen molar-refractivity contribution in [2.75, 3.05) is 0 Å². The van der Waals surface area contributed by atoms with E-state index in [0.29, 0.717) is 21.0 Å². The van der Waals surface area contributed by atoms with Crippen molar-refractivity contribution in [3.63, 3.8) is 0 Å². The van der Waals surface area contributed by atoms with E-state index in [0.717, 1.165) is 22.5 Å². The number of carbonyl (C=O) groups is 3. The summed E-state index contributed by atoms with van der Waals surface area (Å²) >= 11 is 7.29. The molecule has 0 aliphatic heterocycles. The lowest BCUT2D eigenvalue weighted by molar-refractivity contribution is -0.117. The van der Waals surface area contributed by atoms with Gasteiger partial charge in [0.15, 0.2) is 5.78 Å². The molecule has 0 saturated carbocycles. The summed E-state index contributed by atoms with van der Waals surface area (Å²) in [5.41, 5.74) is 1.80. The van der Waals surface area contributed by atoms with Gasteiger partial charge in [-0.05, 0) is 57.4 Å². The quantitative estimate of drug-likeness (QED) is 0.430. The summed E-state index contributed by atoms with van der Waals surface area (Å²) in [4.78, 5) is 38.7. The van der Waals surface area contributed by atoms with E-state index in [4.69, 9.17) is 18.0 Å². The van der Waals surface area contributed by atoms with Gasteiger partial charge >= 0.3 is 0 Å². The maximum absolute atomic E-state index is 12.9. The number of terminal acetylenes is 1. The molecule has 0 fully saturated rings. The number of amides is 1. The average Bonchev–Trinajstić information content (AvgIpc) is 2.91. The average molecular weight is 416 g/mol. The molecule has 1 heterocycles. The number of nitrogens with one attached hydrogen (secondary N) is 1. The molecule has 0 spiro atoms. The van der Waals surface area contributed by atoms with Crippen molar-refractivity contribution in [1.29, 1.82) is 0 Å². The lowest BCUT2D eigenvalue weighted by atomic mass is 9.98. The zero-order chi connectivity index (χ0) is 21.2. The minimum absolute atomic E-state index is 0.116. The lowest BCUT2D eigenvalue weighted by Crippen LogP contribution is -2.45. The van der Waals surface area contributed by atoms with Crippen LogP contribution in [-0.4, -0.2) is 23.0 Å². The van der Waals surface area contributed by atoms with E-state index in [1.807, 2.05) is 19.1 Å². The molecule has 0 aliphatic carbocycles. The highest BCUT2D eigenvalue weighted by Gasteiger charge is 2.29. The highest BCUT2D eigenvalue weighted by molar-refractivity contribution is 7.15. The first-order valence-electron chi connectivity index (χ1n) is 8.69. The fraction of sp³-hybridized carbons (Fsp3) is 0.318. The van der Waals surface area contributed by atoms with Crippen molar-refractivity contribution in [2.24, 2.45) is 0 Å². The Balaban J connectivity index is 2.28. The Morgan fingerprint density at radius 1 is 1.21 bits per heavy atom. The summed E-state index contributed by atoms with van der Waals surface area (Å²) < 4.78 is 0. The topological polar surface area (TPSA) is 63.2 Å². The molecular weight excluding hydrogens is 394 g/mol. The van der Waals surface area contributed by atoms with Gasteiger partial charge in [0, 0.05) is 21.9 Å². The number of thiophene rings is 1. The third-order valence-electron chi connectivity index (χ3n) is 4.40. The largest absolute Gasteiger partial charge is 0.333 e. The second-order valence-electron chi connectivity index (χ2n) is 7.22. The van der Waals surface area contributed by atoms with Crippen LogP contribution in [0, 0.1) is 33.1 Å². The first-order chi connectivity index (χ1) is 13.0. The fourth-order valence-corrected chi connectivity index (χ4v) is 4.10. The van der Waals surface area contributed by atoms with Crippen LogP contribution in [0.15, 0.2) is 18.2 Å². The van der Waals surface area contributed by atoms with Crippen LogP contribution < -0.4 is 5.32 Å². The van der Waals surface area contributed by atoms with Crippen LogP contribution >= 0.6 is 22.9 Å². The van der Waals surface area contributed by atoms with Gasteiger partial charge in [-0.3, -0.25) is 14.4 Å². The van der Waals surface area contributed by atoms with E-state index in [2.05, 4.69) is 11.2 Å². The molecule has 2 rings (SSSR count). The zero-order valence-electron chi connectivity index (χ0n) is 16.5. The van der Waals surface area contributed by atoms with Crippen molar-refractivity contribution in [3.8, 4) is 12.3 Å². The Kier molecular flexibility index (Phi) is 6.48. The molecule has 6 heteroatoms. The van der Waals surface area contributed by atoms with Crippen molar-refractivity contribution >= 4 is 40.4 Å². The molecule has 146 valence electrons. The molecule has 0 saturated heterocycles. The maximum atomic E-state index is 12.9. The van der Waals surface area contributed by atoms with Crippen LogP contribution in [0.2, 0.25) is 5.02 Å². The SMILES string of the molecule is C#CC(C)(C)NC(=O)C(=O)c1sc(C)c(C(=O)Cc2ccc(C)c(Cl)c2)c1C.